The predicted molar refractivity (Wildman–Crippen MR) is 86.0 cm³/mol. The van der Waals surface area contributed by atoms with Crippen LogP contribution >= 0.6 is 23.8 Å². The Morgan fingerprint density at radius 1 is 1.11 bits per heavy atom. The monoisotopic (exact) mass is 290 g/mol. The molecule has 0 amide bonds. The average molecular weight is 291 g/mol. The van der Waals surface area contributed by atoms with Crippen LogP contribution in [0.4, 0.5) is 5.69 Å². The van der Waals surface area contributed by atoms with Gasteiger partial charge in [-0.2, -0.15) is 0 Å². The van der Waals surface area contributed by atoms with Gasteiger partial charge in [-0.05, 0) is 24.1 Å². The Balaban J connectivity index is 2.04. The third kappa shape index (κ3) is 3.69. The Labute approximate surface area is 123 Å². The van der Waals surface area contributed by atoms with Gasteiger partial charge in [0.2, 0.25) is 0 Å². The number of rotatable bonds is 5. The molecule has 0 aromatic heterocycles. The molecular formula is C15H15ClN2S. The summed E-state index contributed by atoms with van der Waals surface area (Å²) < 4.78 is 0. The van der Waals surface area contributed by atoms with Gasteiger partial charge in [0.25, 0.3) is 0 Å². The lowest BCUT2D eigenvalue weighted by Gasteiger charge is -2.12. The molecule has 0 aliphatic carbocycles. The normalized spacial score (nSPS) is 10.2. The molecule has 0 unspecified atom stereocenters. The number of hydrogen-bond donors (Lipinski definition) is 2. The highest BCUT2D eigenvalue weighted by molar-refractivity contribution is 7.80. The maximum atomic E-state index is 6.11. The van der Waals surface area contributed by atoms with Crippen LogP contribution in [0.15, 0.2) is 48.5 Å². The molecule has 0 radical (unpaired) electrons. The minimum absolute atomic E-state index is 0.313. The Morgan fingerprint density at radius 2 is 1.84 bits per heavy atom. The zero-order valence-corrected chi connectivity index (χ0v) is 12.0. The summed E-state index contributed by atoms with van der Waals surface area (Å²) in [6.45, 7) is 0.806. The number of thiocarbonyl (C=S) groups is 1. The maximum Gasteiger partial charge on any atom is 0.107 e. The van der Waals surface area contributed by atoms with E-state index in [1.54, 1.807) is 6.07 Å². The maximum absolute atomic E-state index is 6.11. The standard InChI is InChI=1S/C15H15ClN2S/c16-12-7-4-8-13(14(12)15(17)19)18-10-9-11-5-2-1-3-6-11/h1-8,18H,9-10H2,(H2,17,19). The minimum Gasteiger partial charge on any atom is -0.389 e. The SMILES string of the molecule is NC(=S)c1c(Cl)cccc1NCCc1ccccc1. The van der Waals surface area contributed by atoms with Crippen molar-refractivity contribution in [1.82, 2.24) is 0 Å². The molecular weight excluding hydrogens is 276 g/mol. The van der Waals surface area contributed by atoms with Crippen molar-refractivity contribution in [1.29, 1.82) is 0 Å². The predicted octanol–water partition coefficient (Wildman–Crippen LogP) is 3.63. The lowest BCUT2D eigenvalue weighted by molar-refractivity contribution is 1.02. The van der Waals surface area contributed by atoms with Crippen LogP contribution in [0.5, 0.6) is 0 Å². The molecule has 0 saturated carbocycles. The number of halogens is 1. The number of benzene rings is 2. The van der Waals surface area contributed by atoms with E-state index in [-0.39, 0.29) is 0 Å². The van der Waals surface area contributed by atoms with Crippen LogP contribution in [0.3, 0.4) is 0 Å². The summed E-state index contributed by atoms with van der Waals surface area (Å²) in [6, 6.07) is 15.9. The van der Waals surface area contributed by atoms with Gasteiger partial charge in [0.05, 0.1) is 10.6 Å². The van der Waals surface area contributed by atoms with Crippen LogP contribution in [0, 0.1) is 0 Å². The molecule has 2 aromatic carbocycles. The molecule has 0 bridgehead atoms. The molecule has 3 N–H and O–H groups in total. The van der Waals surface area contributed by atoms with E-state index in [0.717, 1.165) is 18.7 Å². The van der Waals surface area contributed by atoms with Crippen LogP contribution in [0.1, 0.15) is 11.1 Å². The summed E-state index contributed by atoms with van der Waals surface area (Å²) in [4.78, 5) is 0.313. The molecule has 2 aromatic rings. The quantitative estimate of drug-likeness (QED) is 0.826. The summed E-state index contributed by atoms with van der Waals surface area (Å²) in [5.74, 6) is 0. The fraction of sp³-hybridized carbons (Fsp3) is 0.133. The molecule has 0 spiro atoms. The minimum atomic E-state index is 0.313. The smallest absolute Gasteiger partial charge is 0.107 e. The van der Waals surface area contributed by atoms with Gasteiger partial charge in [0.15, 0.2) is 0 Å². The van der Waals surface area contributed by atoms with E-state index in [4.69, 9.17) is 29.6 Å². The van der Waals surface area contributed by atoms with Gasteiger partial charge in [-0.1, -0.05) is 60.2 Å². The molecule has 0 aliphatic rings. The lowest BCUT2D eigenvalue weighted by Crippen LogP contribution is -2.15. The molecule has 0 fully saturated rings. The summed E-state index contributed by atoms with van der Waals surface area (Å²) in [7, 11) is 0. The highest BCUT2D eigenvalue weighted by Crippen LogP contribution is 2.24. The number of hydrogen-bond acceptors (Lipinski definition) is 2. The van der Waals surface area contributed by atoms with Crippen LogP contribution in [0.25, 0.3) is 0 Å². The van der Waals surface area contributed by atoms with Crippen LogP contribution in [-0.2, 0) is 6.42 Å². The van der Waals surface area contributed by atoms with E-state index in [2.05, 4.69) is 17.4 Å². The van der Waals surface area contributed by atoms with E-state index in [1.165, 1.54) is 5.56 Å². The summed E-state index contributed by atoms with van der Waals surface area (Å²) in [5, 5.41) is 3.91. The number of nitrogens with two attached hydrogens (primary N) is 1. The fourth-order valence-corrected chi connectivity index (χ4v) is 2.46. The molecule has 0 saturated heterocycles. The molecule has 0 heterocycles. The fourth-order valence-electron chi connectivity index (χ4n) is 1.91. The van der Waals surface area contributed by atoms with Crippen molar-refractivity contribution in [3.63, 3.8) is 0 Å². The van der Waals surface area contributed by atoms with E-state index in [1.807, 2.05) is 30.3 Å². The van der Waals surface area contributed by atoms with Gasteiger partial charge in [0.1, 0.15) is 4.99 Å². The van der Waals surface area contributed by atoms with E-state index in [9.17, 15) is 0 Å². The van der Waals surface area contributed by atoms with Gasteiger partial charge >= 0.3 is 0 Å². The lowest BCUT2D eigenvalue weighted by atomic mass is 10.1. The second-order valence-corrected chi connectivity index (χ2v) is 5.04. The van der Waals surface area contributed by atoms with Gasteiger partial charge in [0, 0.05) is 12.2 Å². The van der Waals surface area contributed by atoms with Crippen molar-refractivity contribution in [2.24, 2.45) is 5.73 Å². The topological polar surface area (TPSA) is 38.0 Å². The van der Waals surface area contributed by atoms with Crippen LogP contribution < -0.4 is 11.1 Å². The highest BCUT2D eigenvalue weighted by Gasteiger charge is 2.08. The summed E-state index contributed by atoms with van der Waals surface area (Å²) >= 11 is 11.1. The highest BCUT2D eigenvalue weighted by atomic mass is 35.5. The Bertz CT molecular complexity index is 570. The first-order chi connectivity index (χ1) is 9.18. The van der Waals surface area contributed by atoms with Gasteiger partial charge in [-0.3, -0.25) is 0 Å². The van der Waals surface area contributed by atoms with Gasteiger partial charge < -0.3 is 11.1 Å². The van der Waals surface area contributed by atoms with Gasteiger partial charge in [-0.25, -0.2) is 0 Å². The third-order valence-electron chi connectivity index (χ3n) is 2.83. The first-order valence-corrected chi connectivity index (χ1v) is 6.83. The van der Waals surface area contributed by atoms with Crippen molar-refractivity contribution < 1.29 is 0 Å². The molecule has 98 valence electrons. The molecule has 0 aliphatic heterocycles. The summed E-state index contributed by atoms with van der Waals surface area (Å²) in [5.41, 5.74) is 8.59. The van der Waals surface area contributed by atoms with Crippen molar-refractivity contribution in [2.75, 3.05) is 11.9 Å². The van der Waals surface area contributed by atoms with E-state index in [0.29, 0.717) is 15.6 Å². The Hall–Kier alpha value is -1.58. The van der Waals surface area contributed by atoms with Crippen molar-refractivity contribution in [2.45, 2.75) is 6.42 Å². The molecule has 2 rings (SSSR count). The van der Waals surface area contributed by atoms with Crippen molar-refractivity contribution in [3.05, 3.63) is 64.7 Å². The largest absolute Gasteiger partial charge is 0.389 e. The third-order valence-corrected chi connectivity index (χ3v) is 3.35. The zero-order valence-electron chi connectivity index (χ0n) is 10.4. The Morgan fingerprint density at radius 3 is 2.53 bits per heavy atom. The first kappa shape index (κ1) is 13.8. The van der Waals surface area contributed by atoms with Crippen molar-refractivity contribution >= 4 is 34.5 Å². The molecule has 2 nitrogen and oxygen atoms in total. The molecule has 0 atom stereocenters. The number of nitrogens with one attached hydrogen (secondary N) is 1. The second kappa shape index (κ2) is 6.55. The van der Waals surface area contributed by atoms with Crippen molar-refractivity contribution in [3.8, 4) is 0 Å². The molecule has 4 heteroatoms. The first-order valence-electron chi connectivity index (χ1n) is 6.04. The number of anilines is 1. The van der Waals surface area contributed by atoms with E-state index < -0.39 is 0 Å². The summed E-state index contributed by atoms with van der Waals surface area (Å²) in [6.07, 6.45) is 0.935. The average Bonchev–Trinajstić information content (AvgIpc) is 2.39. The van der Waals surface area contributed by atoms with Crippen LogP contribution in [-0.4, -0.2) is 11.5 Å². The van der Waals surface area contributed by atoms with Gasteiger partial charge in [-0.15, -0.1) is 0 Å². The Kier molecular flexibility index (Phi) is 4.77. The van der Waals surface area contributed by atoms with E-state index >= 15 is 0 Å². The van der Waals surface area contributed by atoms with Crippen LogP contribution in [0.2, 0.25) is 5.02 Å². The molecule has 19 heavy (non-hydrogen) atoms. The zero-order chi connectivity index (χ0) is 13.7. The second-order valence-electron chi connectivity index (χ2n) is 4.19.